The Morgan fingerprint density at radius 1 is 1.05 bits per heavy atom. The van der Waals surface area contributed by atoms with Gasteiger partial charge in [-0.2, -0.15) is 0 Å². The van der Waals surface area contributed by atoms with Crippen LogP contribution in [0.15, 0.2) is 36.5 Å². The van der Waals surface area contributed by atoms with Crippen LogP contribution in [0.25, 0.3) is 10.9 Å². The second-order valence-corrected chi connectivity index (χ2v) is 18.8. The predicted octanol–water partition coefficient (Wildman–Crippen LogP) is 5.82. The second-order valence-electron chi connectivity index (χ2n) is 11.7. The van der Waals surface area contributed by atoms with E-state index in [4.69, 9.17) is 13.9 Å². The number of ether oxygens (including phenoxy) is 2. The Morgan fingerprint density at radius 2 is 1.69 bits per heavy atom. The zero-order valence-corrected chi connectivity index (χ0v) is 27.5. The quantitative estimate of drug-likeness (QED) is 0.258. The number of sulfonamides is 1. The monoisotopic (exact) mass is 615 g/mol. The van der Waals surface area contributed by atoms with E-state index in [0.717, 1.165) is 6.26 Å². The summed E-state index contributed by atoms with van der Waals surface area (Å²) < 4.78 is 45.7. The number of pyridine rings is 1. The van der Waals surface area contributed by atoms with E-state index >= 15 is 0 Å². The molecule has 0 aliphatic carbocycles. The molecule has 0 saturated carbocycles. The van der Waals surface area contributed by atoms with Gasteiger partial charge in [0, 0.05) is 28.8 Å². The van der Waals surface area contributed by atoms with Crippen molar-refractivity contribution in [2.24, 2.45) is 0 Å². The lowest BCUT2D eigenvalue weighted by atomic mass is 10.0. The third-order valence-electron chi connectivity index (χ3n) is 8.19. The van der Waals surface area contributed by atoms with E-state index in [9.17, 15) is 18.3 Å². The molecule has 1 aliphatic heterocycles. The number of fused-ring (bicyclic) bond motifs is 2. The summed E-state index contributed by atoms with van der Waals surface area (Å²) in [6, 6.07) is 8.62. The summed E-state index contributed by atoms with van der Waals surface area (Å²) in [4.78, 5) is 20.2. The molecule has 0 bridgehead atoms. The number of rotatable bonds is 11. The van der Waals surface area contributed by atoms with Gasteiger partial charge in [-0.25, -0.2) is 8.42 Å². The van der Waals surface area contributed by atoms with Crippen molar-refractivity contribution in [1.82, 2.24) is 9.88 Å². The molecule has 3 aromatic rings. The third-order valence-corrected chi connectivity index (χ3v) is 14.7. The van der Waals surface area contributed by atoms with E-state index in [-0.39, 0.29) is 45.7 Å². The van der Waals surface area contributed by atoms with Crippen molar-refractivity contribution < 1.29 is 32.2 Å². The largest absolute Gasteiger partial charge is 0.541 e. The molecule has 0 spiro atoms. The highest BCUT2D eigenvalue weighted by molar-refractivity contribution is 7.92. The molecule has 10 nitrogen and oxygen atoms in total. The van der Waals surface area contributed by atoms with Crippen LogP contribution < -0.4 is 18.6 Å². The van der Waals surface area contributed by atoms with Crippen molar-refractivity contribution in [2.75, 3.05) is 25.2 Å². The molecule has 1 aliphatic rings. The van der Waals surface area contributed by atoms with Crippen LogP contribution in [-0.2, 0) is 16.6 Å². The molecule has 2 N–H and O–H groups in total. The molecule has 0 radical (unpaired) electrons. The Bertz CT molecular complexity index is 1590. The molecular weight excluding hydrogens is 574 g/mol. The van der Waals surface area contributed by atoms with Gasteiger partial charge in [0.15, 0.2) is 6.23 Å². The summed E-state index contributed by atoms with van der Waals surface area (Å²) in [5.41, 5.74) is 1.92. The van der Waals surface area contributed by atoms with Crippen molar-refractivity contribution in [2.45, 2.75) is 70.9 Å². The molecule has 1 unspecified atom stereocenters. The minimum atomic E-state index is -3.80. The smallest absolute Gasteiger partial charge is 0.260 e. The Kier molecular flexibility index (Phi) is 8.82. The molecule has 2 heterocycles. The van der Waals surface area contributed by atoms with E-state index in [1.54, 1.807) is 43.6 Å². The van der Waals surface area contributed by atoms with Crippen molar-refractivity contribution in [3.63, 3.8) is 0 Å². The fourth-order valence-electron chi connectivity index (χ4n) is 6.43. The van der Waals surface area contributed by atoms with E-state index in [1.165, 1.54) is 12.0 Å². The number of amides is 1. The van der Waals surface area contributed by atoms with Crippen LogP contribution in [0.3, 0.4) is 0 Å². The van der Waals surface area contributed by atoms with Crippen molar-refractivity contribution >= 4 is 40.8 Å². The number of aliphatic hydroxyl groups excluding tert-OH is 1. The number of aliphatic hydroxyl groups is 1. The van der Waals surface area contributed by atoms with Gasteiger partial charge in [0.2, 0.25) is 10.0 Å². The van der Waals surface area contributed by atoms with Crippen LogP contribution in [0.5, 0.6) is 17.2 Å². The maximum absolute atomic E-state index is 14.3. The average molecular weight is 616 g/mol. The number of methoxy groups -OCH3 is 2. The third kappa shape index (κ3) is 5.43. The SMILES string of the molecule is COc1ccc(CN2C(=O)c3c(c(NS(C)(=O)=O)c4cccnc4c3O[Si](C(C)C)(C(C)C)C(C)C)C2O)c(OC)c1. The van der Waals surface area contributed by atoms with Crippen LogP contribution in [0.1, 0.15) is 69.3 Å². The Morgan fingerprint density at radius 3 is 2.24 bits per heavy atom. The zero-order chi connectivity index (χ0) is 31.1. The lowest BCUT2D eigenvalue weighted by Gasteiger charge is -2.42. The average Bonchev–Trinajstić information content (AvgIpc) is 3.16. The molecule has 42 heavy (non-hydrogen) atoms. The molecule has 12 heteroatoms. The lowest BCUT2D eigenvalue weighted by Crippen LogP contribution is -2.51. The van der Waals surface area contributed by atoms with Gasteiger partial charge in [-0.3, -0.25) is 14.5 Å². The van der Waals surface area contributed by atoms with E-state index in [2.05, 4.69) is 51.2 Å². The number of carbonyl (C=O) groups is 1. The Balaban J connectivity index is 2.01. The van der Waals surface area contributed by atoms with Crippen LogP contribution in [0, 0.1) is 0 Å². The fraction of sp³-hybridized carbons (Fsp3) is 0.467. The number of benzene rings is 2. The summed E-state index contributed by atoms with van der Waals surface area (Å²) in [5.74, 6) is 0.857. The van der Waals surface area contributed by atoms with E-state index in [1.807, 2.05) is 0 Å². The summed E-state index contributed by atoms with van der Waals surface area (Å²) in [5, 5.41) is 12.2. The van der Waals surface area contributed by atoms with Gasteiger partial charge >= 0.3 is 0 Å². The number of nitrogens with one attached hydrogen (secondary N) is 1. The molecule has 1 atom stereocenters. The topological polar surface area (TPSA) is 127 Å². The van der Waals surface area contributed by atoms with Gasteiger partial charge in [0.05, 0.1) is 38.3 Å². The first-order chi connectivity index (χ1) is 19.7. The lowest BCUT2D eigenvalue weighted by molar-refractivity contribution is 0.0138. The van der Waals surface area contributed by atoms with Crippen molar-refractivity contribution in [1.29, 1.82) is 0 Å². The molecule has 2 aromatic carbocycles. The first-order valence-electron chi connectivity index (χ1n) is 14.0. The van der Waals surface area contributed by atoms with Gasteiger partial charge in [0.25, 0.3) is 14.2 Å². The number of anilines is 1. The number of carbonyl (C=O) groups excluding carboxylic acids is 1. The summed E-state index contributed by atoms with van der Waals surface area (Å²) >= 11 is 0. The highest BCUT2D eigenvalue weighted by Crippen LogP contribution is 2.51. The van der Waals surface area contributed by atoms with Crippen molar-refractivity contribution in [3.8, 4) is 17.2 Å². The maximum atomic E-state index is 14.3. The first-order valence-corrected chi connectivity index (χ1v) is 18.0. The van der Waals surface area contributed by atoms with Crippen LogP contribution in [-0.4, -0.2) is 58.1 Å². The zero-order valence-electron chi connectivity index (χ0n) is 25.7. The minimum absolute atomic E-state index is 0.00943. The molecule has 4 rings (SSSR count). The van der Waals surface area contributed by atoms with Crippen molar-refractivity contribution in [3.05, 3.63) is 53.2 Å². The van der Waals surface area contributed by atoms with Crippen LogP contribution >= 0.6 is 0 Å². The molecule has 0 saturated heterocycles. The minimum Gasteiger partial charge on any atom is -0.541 e. The molecule has 1 amide bonds. The van der Waals surface area contributed by atoms with Gasteiger partial charge in [-0.15, -0.1) is 0 Å². The number of nitrogens with zero attached hydrogens (tertiary/aromatic N) is 2. The second kappa shape index (κ2) is 11.7. The van der Waals surface area contributed by atoms with Crippen LogP contribution in [0.2, 0.25) is 16.6 Å². The van der Waals surface area contributed by atoms with Crippen LogP contribution in [0.4, 0.5) is 5.69 Å². The summed E-state index contributed by atoms with van der Waals surface area (Å²) in [6.07, 6.45) is 1.15. The van der Waals surface area contributed by atoms with Gasteiger partial charge < -0.3 is 23.9 Å². The molecule has 228 valence electrons. The maximum Gasteiger partial charge on any atom is 0.260 e. The Labute approximate surface area is 249 Å². The van der Waals surface area contributed by atoms with Gasteiger partial charge in [-0.05, 0) is 40.9 Å². The number of hydrogen-bond donors (Lipinski definition) is 2. The summed E-state index contributed by atoms with van der Waals surface area (Å²) in [6.45, 7) is 12.8. The molecule has 1 aromatic heterocycles. The standard InChI is InChI=1S/C30H41N3O7SSi/c1-17(2)42(18(3)4,19(5)6)40-28-25-24(26(32-41(9,36)37)22-11-10-14-31-27(22)28)29(34)33(30(25)35)16-20-12-13-21(38-7)15-23(20)39-8/h10-15,17-19,29,32,34H,16H2,1-9H3. The van der Waals surface area contributed by atoms with E-state index in [0.29, 0.717) is 28.0 Å². The number of hydrogen-bond acceptors (Lipinski definition) is 8. The van der Waals surface area contributed by atoms with Gasteiger partial charge in [-0.1, -0.05) is 41.5 Å². The Hall–Kier alpha value is -3.35. The normalized spacial score (nSPS) is 15.6. The highest BCUT2D eigenvalue weighted by atomic mass is 32.2. The first kappa shape index (κ1) is 31.6. The number of aromatic nitrogens is 1. The van der Waals surface area contributed by atoms with Gasteiger partial charge in [0.1, 0.15) is 22.8 Å². The van der Waals surface area contributed by atoms with E-state index < -0.39 is 30.5 Å². The molecule has 0 fully saturated rings. The highest BCUT2D eigenvalue weighted by Gasteiger charge is 2.50. The fourth-order valence-corrected chi connectivity index (χ4v) is 12.3. The molecular formula is C30H41N3O7SSi. The summed E-state index contributed by atoms with van der Waals surface area (Å²) in [7, 11) is -3.37. The predicted molar refractivity (Wildman–Crippen MR) is 166 cm³/mol.